The van der Waals surface area contributed by atoms with Crippen molar-refractivity contribution in [1.82, 2.24) is 42.6 Å². The molecule has 0 heterocycles. The van der Waals surface area contributed by atoms with Gasteiger partial charge in [0.25, 0.3) is 5.24 Å². The quantitative estimate of drug-likeness (QED) is 0.0156. The number of methoxy groups -OCH3 is 3. The van der Waals surface area contributed by atoms with Gasteiger partial charge in [-0.3, -0.25) is 29.6 Å². The summed E-state index contributed by atoms with van der Waals surface area (Å²) in [6, 6.07) is -0.495. The predicted molar refractivity (Wildman–Crippen MR) is 463 cm³/mol. The normalized spacial score (nSPS) is 7.55. The Bertz CT molecular complexity index is 1570. The summed E-state index contributed by atoms with van der Waals surface area (Å²) in [6.07, 6.45) is 17.4. The fourth-order valence-corrected chi connectivity index (χ4v) is 2.09. The molecule has 26 heteroatoms. The van der Waals surface area contributed by atoms with Gasteiger partial charge in [-0.05, 0) is 112 Å². The van der Waals surface area contributed by atoms with Crippen LogP contribution < -0.4 is 48.4 Å². The number of primary amides is 1. The molecule has 0 aliphatic carbocycles. The summed E-state index contributed by atoms with van der Waals surface area (Å²) in [7, 11) is 20.6. The Morgan fingerprint density at radius 2 is 0.980 bits per heavy atom. The molecule has 0 spiro atoms. The molecule has 0 saturated heterocycles. The molecule has 1 atom stereocenters. The van der Waals surface area contributed by atoms with E-state index in [9.17, 15) is 33.6 Å². The first-order chi connectivity index (χ1) is 42.3. The van der Waals surface area contributed by atoms with Crippen LogP contribution in [0.1, 0.15) is 257 Å². The van der Waals surface area contributed by atoms with Crippen LogP contribution in [0.3, 0.4) is 0 Å². The summed E-state index contributed by atoms with van der Waals surface area (Å²) in [4.78, 5) is 74.1. The Balaban J connectivity index is -0.0000000216. The van der Waals surface area contributed by atoms with Gasteiger partial charge in [0.05, 0.1) is 26.6 Å². The smallest absolute Gasteiger partial charge is 0.406 e. The third-order valence-electron chi connectivity index (χ3n) is 8.06. The van der Waals surface area contributed by atoms with Crippen LogP contribution in [0.25, 0.3) is 0 Å². The summed E-state index contributed by atoms with van der Waals surface area (Å²) in [5, 5.41) is 32.1. The van der Waals surface area contributed by atoms with Gasteiger partial charge in [-0.25, -0.2) is 9.59 Å². The molecular formula is C75H182N12O11S2Y-2. The molecule has 101 heavy (non-hydrogen) atoms. The van der Waals surface area contributed by atoms with Crippen molar-refractivity contribution in [3.05, 3.63) is 26.6 Å². The van der Waals surface area contributed by atoms with Crippen molar-refractivity contribution in [2.24, 2.45) is 27.0 Å². The number of carbonyl (C=O) groups is 7. The number of aliphatic hydroxyl groups excluding tert-OH is 1. The Morgan fingerprint density at radius 1 is 0.634 bits per heavy atom. The van der Waals surface area contributed by atoms with Gasteiger partial charge in [-0.1, -0.05) is 184 Å². The molecule has 1 radical (unpaired) electrons. The summed E-state index contributed by atoms with van der Waals surface area (Å²) in [5.74, 6) is 17.5. The van der Waals surface area contributed by atoms with Gasteiger partial charge in [0, 0.05) is 130 Å². The molecule has 0 aromatic rings. The number of hydrogen-bond acceptors (Lipinski definition) is 17. The van der Waals surface area contributed by atoms with E-state index < -0.39 is 29.5 Å². The van der Waals surface area contributed by atoms with E-state index in [1.165, 1.54) is 92.5 Å². The number of nitrogens with zero attached hydrogens (tertiary/aromatic N) is 3. The van der Waals surface area contributed by atoms with Crippen molar-refractivity contribution in [3.63, 3.8) is 0 Å². The molecule has 0 aromatic heterocycles. The fourth-order valence-electron chi connectivity index (χ4n) is 1.89. The van der Waals surface area contributed by atoms with Crippen LogP contribution in [-0.4, -0.2) is 181 Å². The maximum absolute atomic E-state index is 10.9. The number of ketones is 2. The van der Waals surface area contributed by atoms with Gasteiger partial charge in [-0.15, -0.1) is 29.6 Å². The number of rotatable bonds is 13. The molecule has 0 bridgehead atoms. The summed E-state index contributed by atoms with van der Waals surface area (Å²) >= 11 is 3.03. The first kappa shape index (κ1) is 187. The molecule has 0 fully saturated rings. The van der Waals surface area contributed by atoms with Crippen molar-refractivity contribution >= 4 is 70.6 Å². The number of nitrogens with one attached hydrogen (secondary N) is 8. The minimum Gasteiger partial charge on any atom is -0.453 e. The van der Waals surface area contributed by atoms with Crippen molar-refractivity contribution in [2.75, 3.05) is 117 Å². The van der Waals surface area contributed by atoms with Crippen LogP contribution >= 0.6 is 23.5 Å². The number of nitrogens with two attached hydrogens (primary N) is 1. The maximum Gasteiger partial charge on any atom is 0.406 e. The molecule has 625 valence electrons. The van der Waals surface area contributed by atoms with Crippen molar-refractivity contribution in [2.45, 2.75) is 268 Å². The molecular weight excluding hydrogens is 1400 g/mol. The number of Topliss-reactive ketones (excluding diaryl/α,β-unsaturated/α-hetero) is 2. The SMILES string of the molecule is C.C.C.C.C.C.C.C.C.CC#CC.CC#CC(C)(OC)C(C)=O.CC#CCCC.CC=CNC.CCC(C)=O.CCC(C)C.CCC(O)CC.CCCC.CCOC.CCSC.CN=CNC.CN=NNC.CNC(=O)C(=O)NC.CNC(=O)OC.CNC(=O)SC.CNC(N)=O.[CH2-]C.[CH3-].[Y]. The van der Waals surface area contributed by atoms with Crippen molar-refractivity contribution in [1.29, 1.82) is 0 Å². The predicted octanol–water partition coefficient (Wildman–Crippen LogP) is 18.1. The maximum atomic E-state index is 10.9. The second-order valence-corrected chi connectivity index (χ2v) is 17.5. The van der Waals surface area contributed by atoms with Gasteiger partial charge < -0.3 is 81.4 Å². The molecule has 23 nitrogen and oxygen atoms in total. The van der Waals surface area contributed by atoms with Crippen LogP contribution in [0, 0.1) is 55.8 Å². The number of alkyl carbamates (subject to hydrolysis) is 1. The number of likely N-dealkylation sites (N-methyl/N-ethyl adjacent to an activating group) is 2. The average Bonchev–Trinajstić information content (AvgIpc) is 0.913. The van der Waals surface area contributed by atoms with E-state index in [1.807, 2.05) is 93.5 Å². The van der Waals surface area contributed by atoms with Crippen LogP contribution in [0.4, 0.5) is 14.4 Å². The number of ether oxygens (including phenoxy) is 3. The minimum atomic E-state index is -0.908. The molecule has 0 saturated carbocycles. The second-order valence-electron chi connectivity index (χ2n) is 15.6. The molecule has 6 amide bonds. The Kier molecular flexibility index (Phi) is 392. The van der Waals surface area contributed by atoms with Crippen molar-refractivity contribution < 1.29 is 85.6 Å². The second kappa shape index (κ2) is 211. The number of carbonyl (C=O) groups excluding carboxylic acids is 7. The van der Waals surface area contributed by atoms with E-state index in [4.69, 9.17) is 9.84 Å². The largest absolute Gasteiger partial charge is 0.453 e. The number of urea groups is 1. The number of thioether (sulfide) groups is 2. The molecule has 0 aromatic carbocycles. The standard InChI is InChI=1S/C8H12O2.C6H10.C5H12O.C5H12.C4H8N2O2.C4H9N.C4H8O.C4H10.C4H6.C3H8N2.C3H7NO2.C3H7NOS.C3H8O.C3H8S.C2H7N3.C2H6N2O.C2H5.9CH4.CH3.Y/c1-5-6-8(3,10-4)7(2)9;1-3-5-6-4-2;1-3-5(6)4-2;1-4-5(2)3;1-5-3(7)4(8)6-2;1-3-4-5-2;1-3-4(2)5;2*1-3-4-2;1-4-3-5-2;2*1-4-3(5)6-2;2*1-3-4-2;1-3-5-4-2;1-4-2(3)5;1-2;;;;;;;;;;;/h1-4H3;3,5H2,1-2H3;5-6H,3-4H2,1-2H3;5H,4H2,1-3H3;1-2H3,(H,5,7)(H,6,8);3-5H,1-2H3;3H2,1-2H3;3-4H2,1-2H3;1-2H3;3H,1-2H3,(H,4,5);2*1-2H3,(H,4,5);2*3H2,1-2H3;1-2H3,(H,3,4);1H3,(H3,3,4,5);1H2,2H3;9*1H4;1H3;/q;;;;;;;;;;;;;;;;-1;;;;;;;;;;-1;. The number of hydrogen-bond donors (Lipinski definition) is 10. The van der Waals surface area contributed by atoms with Gasteiger partial charge in [-0.2, -0.15) is 23.8 Å². The van der Waals surface area contributed by atoms with E-state index in [-0.39, 0.29) is 130 Å². The summed E-state index contributed by atoms with van der Waals surface area (Å²) in [6.45, 7) is 42.7. The molecule has 0 aliphatic heterocycles. The van der Waals surface area contributed by atoms with E-state index >= 15 is 0 Å². The number of aliphatic imine (C=N–C) groups is 1. The third kappa shape index (κ3) is 372. The Hall–Kier alpha value is -4.94. The van der Waals surface area contributed by atoms with Gasteiger partial charge in [0.1, 0.15) is 5.78 Å². The van der Waals surface area contributed by atoms with Gasteiger partial charge >= 0.3 is 23.9 Å². The summed E-state index contributed by atoms with van der Waals surface area (Å²) < 4.78 is 13.6. The Labute approximate surface area is 668 Å². The monoisotopic (exact) mass is 1580 g/mol. The first-order valence-corrected chi connectivity index (χ1v) is 32.3. The number of unbranched alkanes of at least 4 members (excludes halogenated alkanes) is 2. The van der Waals surface area contributed by atoms with Crippen molar-refractivity contribution in [3.8, 4) is 35.5 Å². The summed E-state index contributed by atoms with van der Waals surface area (Å²) in [5.41, 5.74) is 6.11. The van der Waals surface area contributed by atoms with Crippen LogP contribution in [0.5, 0.6) is 0 Å². The zero-order chi connectivity index (χ0) is 75.4. The van der Waals surface area contributed by atoms with E-state index in [2.05, 4.69) is 170 Å². The fraction of sp³-hybridized carbons (Fsp3) is 0.760. The topological polar surface area (TPSA) is 327 Å². The van der Waals surface area contributed by atoms with Gasteiger partial charge in [0.2, 0.25) is 0 Å². The molecule has 11 N–H and O–H groups in total. The molecule has 0 rings (SSSR count). The number of aliphatic hydroxyl groups is 1. The molecule has 0 aliphatic rings. The van der Waals surface area contributed by atoms with E-state index in [0.29, 0.717) is 6.42 Å². The van der Waals surface area contributed by atoms with Gasteiger partial charge in [0.15, 0.2) is 11.4 Å². The zero-order valence-electron chi connectivity index (χ0n) is 65.5. The Morgan fingerprint density at radius 3 is 1.01 bits per heavy atom. The van der Waals surface area contributed by atoms with E-state index in [1.54, 1.807) is 75.6 Å². The van der Waals surface area contributed by atoms with Crippen LogP contribution in [-0.2, 0) is 66.1 Å². The third-order valence-corrected chi connectivity index (χ3v) is 9.21. The van der Waals surface area contributed by atoms with Crippen LogP contribution in [0.2, 0.25) is 0 Å². The average molecular weight is 1580 g/mol. The minimum absolute atomic E-state index is 0. The number of amides is 6. The molecule has 1 unspecified atom stereocenters. The number of allylic oxidation sites excluding steroid dienone is 1. The van der Waals surface area contributed by atoms with Crippen LogP contribution in [0.15, 0.2) is 27.6 Å². The first-order valence-electron chi connectivity index (χ1n) is 29.7. The zero-order valence-corrected chi connectivity index (χ0v) is 70.0. The van der Waals surface area contributed by atoms with E-state index in [0.717, 1.165) is 31.8 Å².